The Hall–Kier alpha value is -2.56. The first-order valence-electron chi connectivity index (χ1n) is 9.37. The molecule has 0 bridgehead atoms. The molecule has 4 rings (SSSR count). The summed E-state index contributed by atoms with van der Waals surface area (Å²) in [6, 6.07) is 13.3. The third-order valence-electron chi connectivity index (χ3n) is 5.64. The Morgan fingerprint density at radius 1 is 1.12 bits per heavy atom. The largest absolute Gasteiger partial charge is 0.459 e. The van der Waals surface area contributed by atoms with Gasteiger partial charge in [-0.2, -0.15) is 0 Å². The molecule has 1 unspecified atom stereocenters. The summed E-state index contributed by atoms with van der Waals surface area (Å²) in [5.41, 5.74) is 1.36. The standard InChI is InChI=1S/C21H24N2O3/c24-19(22-15-21(11-12-21)16-7-2-1-3-8-16)17-9-4-5-13-23(17)20(25)18-10-6-14-26-18/h1-3,6-8,10,14,17H,4-5,9,11-13,15H2,(H,22,24). The molecule has 1 saturated heterocycles. The molecule has 1 atom stereocenters. The SMILES string of the molecule is O=C(NCC1(c2ccccc2)CC1)C1CCCCN1C(=O)c1ccco1. The van der Waals surface area contributed by atoms with Crippen LogP contribution in [0.4, 0.5) is 0 Å². The maximum Gasteiger partial charge on any atom is 0.290 e. The molecule has 5 heteroatoms. The zero-order chi connectivity index (χ0) is 18.0. The molecule has 2 amide bonds. The van der Waals surface area contributed by atoms with E-state index in [1.54, 1.807) is 17.0 Å². The van der Waals surface area contributed by atoms with Crippen molar-refractivity contribution in [3.63, 3.8) is 0 Å². The molecule has 136 valence electrons. The Kier molecular flexibility index (Phi) is 4.53. The van der Waals surface area contributed by atoms with Gasteiger partial charge in [-0.25, -0.2) is 0 Å². The van der Waals surface area contributed by atoms with Gasteiger partial charge < -0.3 is 14.6 Å². The lowest BCUT2D eigenvalue weighted by Gasteiger charge is -2.34. The minimum atomic E-state index is -0.409. The second kappa shape index (κ2) is 6.98. The molecule has 2 aromatic rings. The first-order valence-corrected chi connectivity index (χ1v) is 9.37. The van der Waals surface area contributed by atoms with Gasteiger partial charge in [-0.1, -0.05) is 30.3 Å². The lowest BCUT2D eigenvalue weighted by atomic mass is 9.95. The van der Waals surface area contributed by atoms with Gasteiger partial charge in [0.1, 0.15) is 6.04 Å². The third kappa shape index (κ3) is 3.26. The van der Waals surface area contributed by atoms with Gasteiger partial charge in [-0.15, -0.1) is 0 Å². The Labute approximate surface area is 153 Å². The van der Waals surface area contributed by atoms with E-state index >= 15 is 0 Å². The van der Waals surface area contributed by atoms with Gasteiger partial charge in [-0.3, -0.25) is 9.59 Å². The summed E-state index contributed by atoms with van der Waals surface area (Å²) in [7, 11) is 0. The number of furan rings is 1. The molecular formula is C21H24N2O3. The fourth-order valence-electron chi connectivity index (χ4n) is 3.87. The van der Waals surface area contributed by atoms with Crippen molar-refractivity contribution in [2.45, 2.75) is 43.6 Å². The summed E-state index contributed by atoms with van der Waals surface area (Å²) >= 11 is 0. The van der Waals surface area contributed by atoms with Gasteiger partial charge in [0.15, 0.2) is 5.76 Å². The number of nitrogens with one attached hydrogen (secondary N) is 1. The molecule has 1 saturated carbocycles. The van der Waals surface area contributed by atoms with Gasteiger partial charge in [0.05, 0.1) is 6.26 Å². The first-order chi connectivity index (χ1) is 12.7. The van der Waals surface area contributed by atoms with Gasteiger partial charge in [0, 0.05) is 18.5 Å². The first kappa shape index (κ1) is 16.9. The summed E-state index contributed by atoms with van der Waals surface area (Å²) in [5, 5.41) is 3.12. The van der Waals surface area contributed by atoms with E-state index in [2.05, 4.69) is 17.4 Å². The predicted octanol–water partition coefficient (Wildman–Crippen LogP) is 3.12. The van der Waals surface area contributed by atoms with Gasteiger partial charge in [-0.05, 0) is 49.8 Å². The van der Waals surface area contributed by atoms with Crippen molar-refractivity contribution in [2.75, 3.05) is 13.1 Å². The van der Waals surface area contributed by atoms with E-state index in [4.69, 9.17) is 4.42 Å². The second-order valence-electron chi connectivity index (χ2n) is 7.35. The van der Waals surface area contributed by atoms with Crippen molar-refractivity contribution in [3.8, 4) is 0 Å². The van der Waals surface area contributed by atoms with E-state index in [-0.39, 0.29) is 17.2 Å². The average molecular weight is 352 g/mol. The monoisotopic (exact) mass is 352 g/mol. The van der Waals surface area contributed by atoms with Crippen molar-refractivity contribution in [1.82, 2.24) is 10.2 Å². The molecule has 2 aliphatic rings. The maximum absolute atomic E-state index is 12.9. The molecule has 1 aliphatic carbocycles. The molecule has 1 aromatic heterocycles. The van der Waals surface area contributed by atoms with E-state index in [9.17, 15) is 9.59 Å². The van der Waals surface area contributed by atoms with Crippen molar-refractivity contribution < 1.29 is 14.0 Å². The average Bonchev–Trinajstić information content (AvgIpc) is 3.29. The highest BCUT2D eigenvalue weighted by Crippen LogP contribution is 2.47. The van der Waals surface area contributed by atoms with Crippen molar-refractivity contribution in [2.24, 2.45) is 0 Å². The number of benzene rings is 1. The fourth-order valence-corrected chi connectivity index (χ4v) is 3.87. The fraction of sp³-hybridized carbons (Fsp3) is 0.429. The molecule has 1 aromatic carbocycles. The molecular weight excluding hydrogens is 328 g/mol. The van der Waals surface area contributed by atoms with Crippen LogP contribution in [0, 0.1) is 0 Å². The van der Waals surface area contributed by atoms with Crippen LogP contribution < -0.4 is 5.32 Å². The topological polar surface area (TPSA) is 62.6 Å². The summed E-state index contributed by atoms with van der Waals surface area (Å²) < 4.78 is 5.24. The lowest BCUT2D eigenvalue weighted by molar-refractivity contribution is -0.126. The Balaban J connectivity index is 1.42. The van der Waals surface area contributed by atoms with Crippen LogP contribution in [-0.2, 0) is 10.2 Å². The second-order valence-corrected chi connectivity index (χ2v) is 7.35. The normalized spacial score (nSPS) is 21.2. The molecule has 1 aliphatic heterocycles. The van der Waals surface area contributed by atoms with Gasteiger partial charge >= 0.3 is 0 Å². The number of hydrogen-bond acceptors (Lipinski definition) is 3. The van der Waals surface area contributed by atoms with Crippen LogP contribution in [0.3, 0.4) is 0 Å². The van der Waals surface area contributed by atoms with Gasteiger partial charge in [0.2, 0.25) is 5.91 Å². The van der Waals surface area contributed by atoms with Crippen LogP contribution in [0.2, 0.25) is 0 Å². The van der Waals surface area contributed by atoms with Crippen molar-refractivity contribution >= 4 is 11.8 Å². The lowest BCUT2D eigenvalue weighted by Crippen LogP contribution is -2.52. The number of likely N-dealkylation sites (tertiary alicyclic amines) is 1. The number of rotatable bonds is 5. The zero-order valence-electron chi connectivity index (χ0n) is 14.8. The number of carbonyl (C=O) groups excluding carboxylic acids is 2. The van der Waals surface area contributed by atoms with Crippen LogP contribution in [0.25, 0.3) is 0 Å². The van der Waals surface area contributed by atoms with Crippen molar-refractivity contribution in [3.05, 3.63) is 60.1 Å². The van der Waals surface area contributed by atoms with E-state index in [0.29, 0.717) is 25.3 Å². The van der Waals surface area contributed by atoms with Crippen molar-refractivity contribution in [1.29, 1.82) is 0 Å². The highest BCUT2D eigenvalue weighted by atomic mass is 16.3. The number of nitrogens with zero attached hydrogens (tertiary/aromatic N) is 1. The van der Waals surface area contributed by atoms with E-state index in [0.717, 1.165) is 25.7 Å². The van der Waals surface area contributed by atoms with Crippen LogP contribution in [0.1, 0.15) is 48.2 Å². The third-order valence-corrected chi connectivity index (χ3v) is 5.64. The Morgan fingerprint density at radius 2 is 1.92 bits per heavy atom. The number of piperidine rings is 1. The molecule has 0 spiro atoms. The minimum absolute atomic E-state index is 0.0492. The highest BCUT2D eigenvalue weighted by molar-refractivity contribution is 5.95. The van der Waals surface area contributed by atoms with E-state index < -0.39 is 6.04 Å². The predicted molar refractivity (Wildman–Crippen MR) is 97.7 cm³/mol. The quantitative estimate of drug-likeness (QED) is 0.899. The van der Waals surface area contributed by atoms with Crippen LogP contribution in [0.15, 0.2) is 53.1 Å². The Bertz CT molecular complexity index is 766. The summed E-state index contributed by atoms with van der Waals surface area (Å²) in [5.74, 6) is 0.0542. The van der Waals surface area contributed by atoms with Gasteiger partial charge in [0.25, 0.3) is 5.91 Å². The maximum atomic E-state index is 12.9. The molecule has 26 heavy (non-hydrogen) atoms. The number of amides is 2. The van der Waals surface area contributed by atoms with Crippen LogP contribution in [-0.4, -0.2) is 35.8 Å². The Morgan fingerprint density at radius 3 is 2.62 bits per heavy atom. The molecule has 0 radical (unpaired) electrons. The number of hydrogen-bond donors (Lipinski definition) is 1. The molecule has 2 fully saturated rings. The summed E-state index contributed by atoms with van der Waals surface area (Å²) in [4.78, 5) is 27.2. The van der Waals surface area contributed by atoms with E-state index in [1.165, 1.54) is 11.8 Å². The zero-order valence-corrected chi connectivity index (χ0v) is 14.8. The van der Waals surface area contributed by atoms with Crippen LogP contribution in [0.5, 0.6) is 0 Å². The molecule has 5 nitrogen and oxygen atoms in total. The van der Waals surface area contributed by atoms with E-state index in [1.807, 2.05) is 18.2 Å². The molecule has 1 N–H and O–H groups in total. The van der Waals surface area contributed by atoms with Crippen LogP contribution >= 0.6 is 0 Å². The molecule has 2 heterocycles. The summed E-state index contributed by atoms with van der Waals surface area (Å²) in [6.45, 7) is 1.23. The number of carbonyl (C=O) groups is 2. The smallest absolute Gasteiger partial charge is 0.290 e. The highest BCUT2D eigenvalue weighted by Gasteiger charge is 2.45. The summed E-state index contributed by atoms with van der Waals surface area (Å²) in [6.07, 6.45) is 6.27. The minimum Gasteiger partial charge on any atom is -0.459 e.